The Balaban J connectivity index is 1.57. The number of aliphatic hydroxyl groups is 7. The van der Waals surface area contributed by atoms with Gasteiger partial charge in [-0.1, -0.05) is 51.2 Å². The Labute approximate surface area is 452 Å². The van der Waals surface area contributed by atoms with Gasteiger partial charge >= 0.3 is 0 Å². The summed E-state index contributed by atoms with van der Waals surface area (Å²) in [5.74, 6) is -7.78. The van der Waals surface area contributed by atoms with Crippen LogP contribution in [0.1, 0.15) is 100 Å². The summed E-state index contributed by atoms with van der Waals surface area (Å²) >= 11 is 0. The van der Waals surface area contributed by atoms with Crippen LogP contribution in [0.3, 0.4) is 0 Å². The average Bonchev–Trinajstić information content (AvgIpc) is 4.04. The zero-order chi connectivity index (χ0) is 57.2. The number of nitrogens with zero attached hydrogens (tertiary/aromatic N) is 2. The third kappa shape index (κ3) is 17.0. The summed E-state index contributed by atoms with van der Waals surface area (Å²) < 4.78 is 11.5. The second kappa shape index (κ2) is 30.3. The van der Waals surface area contributed by atoms with Crippen molar-refractivity contribution in [3.8, 4) is 11.5 Å². The van der Waals surface area contributed by atoms with Crippen LogP contribution in [0.5, 0.6) is 11.5 Å². The molecule has 14 atom stereocenters. The summed E-state index contributed by atoms with van der Waals surface area (Å²) in [7, 11) is 0. The topological polar surface area (TPSA) is 418 Å². The third-order valence-corrected chi connectivity index (χ3v) is 14.1. The Morgan fingerprint density at radius 3 is 2.03 bits per heavy atom. The summed E-state index contributed by atoms with van der Waals surface area (Å²) in [6.07, 6.45) is -8.19. The summed E-state index contributed by atoms with van der Waals surface area (Å²) in [6.45, 7) is 1.94. The second-order valence-corrected chi connectivity index (χ2v) is 20.0. The van der Waals surface area contributed by atoms with Crippen molar-refractivity contribution in [3.05, 3.63) is 59.7 Å². The number of aliphatic hydroxyl groups excluding tert-OH is 7. The van der Waals surface area contributed by atoms with Crippen molar-refractivity contribution in [2.45, 2.75) is 163 Å². The van der Waals surface area contributed by atoms with Crippen LogP contribution in [0.4, 0.5) is 0 Å². The van der Waals surface area contributed by atoms with Crippen LogP contribution in [-0.2, 0) is 33.5 Å². The number of phenolic OH excluding ortho intramolecular Hbond substituents is 1. The van der Waals surface area contributed by atoms with Crippen LogP contribution in [-0.4, -0.2) is 217 Å². The predicted molar refractivity (Wildman–Crippen MR) is 277 cm³/mol. The molecule has 0 radical (unpaired) electrons. The Morgan fingerprint density at radius 2 is 1.37 bits per heavy atom. The lowest BCUT2D eigenvalue weighted by Gasteiger charge is -2.35. The molecule has 7 amide bonds. The lowest BCUT2D eigenvalue weighted by Crippen LogP contribution is -2.64. The quantitative estimate of drug-likeness (QED) is 0.0530. The van der Waals surface area contributed by atoms with Gasteiger partial charge in [-0.3, -0.25) is 33.6 Å². The molecule has 26 heteroatoms. The molecule has 26 nitrogen and oxygen atoms in total. The van der Waals surface area contributed by atoms with Crippen LogP contribution in [0, 0.1) is 0 Å². The number of carbonyl (C=O) groups excluding carboxylic acids is 7. The average molecular weight is 1100 g/mol. The zero-order valence-corrected chi connectivity index (χ0v) is 44.0. The molecule has 434 valence electrons. The van der Waals surface area contributed by atoms with Gasteiger partial charge in [-0.15, -0.1) is 0 Å². The number of unbranched alkanes of at least 4 members (excludes halogenated alkanes) is 5. The van der Waals surface area contributed by atoms with E-state index in [2.05, 4.69) is 33.5 Å². The molecule has 3 aliphatic heterocycles. The number of aromatic hydroxyl groups is 1. The number of phenols is 1. The number of ether oxygens (including phenoxy) is 2. The summed E-state index contributed by atoms with van der Waals surface area (Å²) in [5.41, 5.74) is 11.4. The highest BCUT2D eigenvalue weighted by Crippen LogP contribution is 2.26. The molecule has 0 spiro atoms. The lowest BCUT2D eigenvalue weighted by molar-refractivity contribution is -0.148. The molecule has 3 saturated heterocycles. The van der Waals surface area contributed by atoms with E-state index in [1.54, 1.807) is 12.1 Å². The Kier molecular flexibility index (Phi) is 24.4. The minimum Gasteiger partial charge on any atom is -0.508 e. The molecule has 5 rings (SSSR count). The number of nitrogens with one attached hydrogen (secondary N) is 5. The fourth-order valence-corrected chi connectivity index (χ4v) is 9.62. The maximum absolute atomic E-state index is 14.6. The number of fused-ring (bicyclic) bond motifs is 2. The molecule has 78 heavy (non-hydrogen) atoms. The van der Waals surface area contributed by atoms with Gasteiger partial charge in [-0.05, 0) is 74.7 Å². The monoisotopic (exact) mass is 1100 g/mol. The van der Waals surface area contributed by atoms with Gasteiger partial charge in [-0.25, -0.2) is 0 Å². The van der Waals surface area contributed by atoms with Gasteiger partial charge < -0.3 is 98.2 Å². The summed E-state index contributed by atoms with van der Waals surface area (Å²) in [4.78, 5) is 103. The van der Waals surface area contributed by atoms with Crippen molar-refractivity contribution >= 4 is 41.4 Å². The number of rotatable bonds is 21. The molecule has 3 heterocycles. The Hall–Kier alpha value is -6.07. The van der Waals surface area contributed by atoms with Crippen LogP contribution in [0.25, 0.3) is 0 Å². The van der Waals surface area contributed by atoms with Crippen molar-refractivity contribution in [1.29, 1.82) is 0 Å². The van der Waals surface area contributed by atoms with Gasteiger partial charge in [-0.2, -0.15) is 0 Å². The standard InChI is InChI=1S/C52H79N9O17/c1-3-4-5-6-7-8-22-78-33-15-11-30(12-16-33)46(70)55-34-25-39(67)35(27-77-23-20-54)56-50(74)43-38(66)18-21-60(43)52(76)41(37(65)17-19-53)58-49(73)42(45(69)44(68)29-9-13-31(63)14-10-29)59-48(72)36-24-32(64)26-61(36)51(75)40(28(2)62)57-47(34)71/h9-16,28,32,34-45,62-69H,3-8,17-27,53-54H2,1-2H3,(H,55,70)(H,56,74)(H,57,71)(H,58,73)(H,59,72). The maximum atomic E-state index is 14.6. The normalized spacial score (nSPS) is 27.5. The first kappa shape index (κ1) is 62.8. The number of nitrogens with two attached hydrogens (primary N) is 2. The fourth-order valence-electron chi connectivity index (χ4n) is 9.62. The van der Waals surface area contributed by atoms with Gasteiger partial charge in [0.2, 0.25) is 35.4 Å². The maximum Gasteiger partial charge on any atom is 0.251 e. The molecule has 0 aliphatic carbocycles. The summed E-state index contributed by atoms with van der Waals surface area (Å²) in [6, 6.07) is -2.26. The van der Waals surface area contributed by atoms with Crippen molar-refractivity contribution in [2.24, 2.45) is 11.5 Å². The molecule has 0 saturated carbocycles. The summed E-state index contributed by atoms with van der Waals surface area (Å²) in [5, 5.41) is 102. The first-order valence-corrected chi connectivity index (χ1v) is 26.6. The zero-order valence-electron chi connectivity index (χ0n) is 44.0. The van der Waals surface area contributed by atoms with E-state index in [0.717, 1.165) is 67.4 Å². The molecular formula is C52H79N9O17. The van der Waals surface area contributed by atoms with E-state index in [-0.39, 0.29) is 56.0 Å². The fraction of sp³-hybridized carbons (Fsp3) is 0.635. The molecule has 3 fully saturated rings. The third-order valence-electron chi connectivity index (χ3n) is 14.1. The van der Waals surface area contributed by atoms with E-state index in [9.17, 15) is 74.4 Å². The van der Waals surface area contributed by atoms with E-state index >= 15 is 0 Å². The van der Waals surface area contributed by atoms with Gasteiger partial charge in [0.25, 0.3) is 5.91 Å². The molecule has 2 aromatic carbocycles. The van der Waals surface area contributed by atoms with E-state index in [1.807, 2.05) is 0 Å². The predicted octanol–water partition coefficient (Wildman–Crippen LogP) is -3.98. The van der Waals surface area contributed by atoms with Crippen LogP contribution >= 0.6 is 0 Å². The first-order valence-electron chi connectivity index (χ1n) is 26.6. The number of carbonyl (C=O) groups is 7. The molecule has 14 unspecified atom stereocenters. The van der Waals surface area contributed by atoms with E-state index in [1.165, 1.54) is 24.3 Å². The highest BCUT2D eigenvalue weighted by molar-refractivity contribution is 6.00. The molecule has 0 aromatic heterocycles. The molecule has 3 aliphatic rings. The van der Waals surface area contributed by atoms with Crippen LogP contribution in [0.15, 0.2) is 48.5 Å². The number of hydrogen-bond donors (Lipinski definition) is 15. The number of benzene rings is 2. The minimum absolute atomic E-state index is 0.0129. The van der Waals surface area contributed by atoms with E-state index in [0.29, 0.717) is 12.4 Å². The van der Waals surface area contributed by atoms with Crippen molar-refractivity contribution in [2.75, 3.05) is 46.0 Å². The number of hydrogen-bond acceptors (Lipinski definition) is 19. The van der Waals surface area contributed by atoms with Gasteiger partial charge in [0.05, 0.1) is 56.4 Å². The molecule has 0 bridgehead atoms. The SMILES string of the molecule is CCCCCCCCOc1ccc(C(=O)NC2CC(O)C(COCCN)NC(=O)C3C(O)CCN3C(=O)C(C(O)CCN)NC(=O)C(C(O)C(O)c3ccc(O)cc3)NC(=O)C3CC(O)CN3C(=O)C(C(C)O)NC2=O)cc1. The van der Waals surface area contributed by atoms with Gasteiger partial charge in [0.1, 0.15) is 60.0 Å². The van der Waals surface area contributed by atoms with Crippen molar-refractivity contribution < 1.29 is 83.9 Å². The highest BCUT2D eigenvalue weighted by Gasteiger charge is 2.49. The first-order chi connectivity index (χ1) is 37.2. The van der Waals surface area contributed by atoms with Gasteiger partial charge in [0.15, 0.2) is 0 Å². The highest BCUT2D eigenvalue weighted by atomic mass is 16.5. The Morgan fingerprint density at radius 1 is 0.731 bits per heavy atom. The largest absolute Gasteiger partial charge is 0.508 e. The smallest absolute Gasteiger partial charge is 0.251 e. The molecule has 2 aromatic rings. The van der Waals surface area contributed by atoms with Crippen molar-refractivity contribution in [3.63, 3.8) is 0 Å². The van der Waals surface area contributed by atoms with E-state index in [4.69, 9.17) is 20.9 Å². The lowest BCUT2D eigenvalue weighted by atomic mass is 9.96. The Bertz CT molecular complexity index is 2300. The molecular weight excluding hydrogens is 1020 g/mol. The van der Waals surface area contributed by atoms with E-state index < -0.39 is 152 Å². The van der Waals surface area contributed by atoms with Crippen molar-refractivity contribution in [1.82, 2.24) is 36.4 Å². The molecule has 17 N–H and O–H groups in total. The van der Waals surface area contributed by atoms with Crippen LogP contribution < -0.4 is 42.8 Å². The van der Waals surface area contributed by atoms with Gasteiger partial charge in [0, 0.05) is 38.0 Å². The number of amides is 7. The second-order valence-electron chi connectivity index (χ2n) is 20.0. The van der Waals surface area contributed by atoms with Crippen LogP contribution in [0.2, 0.25) is 0 Å². The minimum atomic E-state index is -2.30.